The Bertz CT molecular complexity index is 347. The fraction of sp³-hybridized carbons (Fsp3) is 0. The molecule has 0 spiro atoms. The third-order valence-corrected chi connectivity index (χ3v) is 3.26. The zero-order valence-corrected chi connectivity index (χ0v) is 7.61. The van der Waals surface area contributed by atoms with Crippen LogP contribution in [-0.4, -0.2) is 22.4 Å². The van der Waals surface area contributed by atoms with Gasteiger partial charge in [0.05, 0.1) is 0 Å². The first kappa shape index (κ1) is 9.45. The second-order valence-electron chi connectivity index (χ2n) is 2.14. The van der Waals surface area contributed by atoms with Gasteiger partial charge in [-0.2, -0.15) is 0 Å². The van der Waals surface area contributed by atoms with Crippen molar-refractivity contribution in [2.24, 2.45) is 0 Å². The van der Waals surface area contributed by atoms with Crippen molar-refractivity contribution in [2.45, 2.75) is 0 Å². The fourth-order valence-corrected chi connectivity index (χ4v) is 2.06. The van der Waals surface area contributed by atoms with E-state index in [1.807, 2.05) is 0 Å². The van der Waals surface area contributed by atoms with E-state index >= 15 is 0 Å². The molecule has 0 aliphatic rings. The summed E-state index contributed by atoms with van der Waals surface area (Å²) in [6.45, 7) is 0. The summed E-state index contributed by atoms with van der Waals surface area (Å²) < 4.78 is 51.8. The van der Waals surface area contributed by atoms with E-state index in [9.17, 15) is 12.5 Å². The van der Waals surface area contributed by atoms with Crippen LogP contribution in [-0.2, 0) is 3.74 Å². The van der Waals surface area contributed by atoms with Crippen LogP contribution < -0.4 is 4.35 Å². The molecule has 3 nitrogen and oxygen atoms in total. The Hall–Kier alpha value is -0.642. The van der Waals surface area contributed by atoms with Crippen LogP contribution in [0, 0.1) is 11.6 Å². The van der Waals surface area contributed by atoms with E-state index in [0.717, 1.165) is 6.07 Å². The Kier molecular flexibility index (Phi) is 2.37. The van der Waals surface area contributed by atoms with E-state index in [-0.39, 0.29) is 0 Å². The molecule has 0 heterocycles. The normalized spacial score (nSPS) is 11.7. The molecule has 6 heteroatoms. The maximum atomic E-state index is 12.6. The van der Waals surface area contributed by atoms with Crippen molar-refractivity contribution in [1.29, 1.82) is 0 Å². The Labute approximate surface area is 69.6 Å². The Balaban J connectivity index is 3.33. The van der Waals surface area contributed by atoms with Crippen LogP contribution in [0.2, 0.25) is 0 Å². The first-order valence-electron chi connectivity index (χ1n) is 2.92. The van der Waals surface area contributed by atoms with E-state index in [1.54, 1.807) is 0 Å². The van der Waals surface area contributed by atoms with E-state index < -0.39 is 30.2 Å². The van der Waals surface area contributed by atoms with Crippen LogP contribution in [0.4, 0.5) is 8.78 Å². The van der Waals surface area contributed by atoms with Gasteiger partial charge in [-0.15, -0.1) is 0 Å². The van der Waals surface area contributed by atoms with E-state index in [2.05, 4.69) is 0 Å². The molecule has 0 amide bonds. The van der Waals surface area contributed by atoms with Crippen molar-refractivity contribution in [3.63, 3.8) is 0 Å². The van der Waals surface area contributed by atoms with Gasteiger partial charge in [0.1, 0.15) is 0 Å². The summed E-state index contributed by atoms with van der Waals surface area (Å²) in [5.41, 5.74) is 0. The summed E-state index contributed by atoms with van der Waals surface area (Å²) in [5.74, 6) is -1.94. The monoisotopic (exact) mass is 238 g/mol. The zero-order valence-electron chi connectivity index (χ0n) is 5.74. The molecule has 0 bridgehead atoms. The van der Waals surface area contributed by atoms with Gasteiger partial charge in [0.25, 0.3) is 0 Å². The van der Waals surface area contributed by atoms with Crippen molar-refractivity contribution < 1.29 is 20.7 Å². The van der Waals surface area contributed by atoms with Gasteiger partial charge in [-0.25, -0.2) is 0 Å². The number of hydrogen-bond donors (Lipinski definition) is 2. The number of rotatable bonds is 1. The molecule has 0 saturated heterocycles. The van der Waals surface area contributed by atoms with Crippen molar-refractivity contribution in [3.8, 4) is 0 Å². The number of hydrogen-bond acceptors (Lipinski definition) is 1. The van der Waals surface area contributed by atoms with Crippen LogP contribution >= 0.6 is 0 Å². The van der Waals surface area contributed by atoms with Crippen molar-refractivity contribution in [1.82, 2.24) is 0 Å². The minimum absolute atomic E-state index is 0.509. The van der Waals surface area contributed by atoms with Gasteiger partial charge in [0, 0.05) is 0 Å². The second-order valence-corrected chi connectivity index (χ2v) is 5.43. The Morgan fingerprint density at radius 3 is 2.25 bits per heavy atom. The van der Waals surface area contributed by atoms with Crippen molar-refractivity contribution in [3.05, 3.63) is 29.8 Å². The van der Waals surface area contributed by atoms with Crippen molar-refractivity contribution >= 4 is 18.5 Å². The maximum absolute atomic E-state index is 12.6. The average Bonchev–Trinajstić information content (AvgIpc) is 1.92. The van der Waals surface area contributed by atoms with Crippen LogP contribution in [0.3, 0.4) is 0 Å². The molecule has 0 fully saturated rings. The minimum atomic E-state index is -5.30. The summed E-state index contributed by atoms with van der Waals surface area (Å²) in [4.78, 5) is 0. The fourth-order valence-electron chi connectivity index (χ4n) is 0.709. The molecule has 0 saturated carbocycles. The molecule has 66 valence electrons. The SMILES string of the molecule is O=[As](O)(O)c1cc(F)ccc1F. The first-order valence-corrected chi connectivity index (χ1v) is 6.31. The van der Waals surface area contributed by atoms with Gasteiger partial charge in [-0.05, 0) is 0 Å². The summed E-state index contributed by atoms with van der Waals surface area (Å²) in [6.07, 6.45) is 0. The molecule has 12 heavy (non-hydrogen) atoms. The molecule has 2 N–H and O–H groups in total. The van der Waals surface area contributed by atoms with Gasteiger partial charge in [0.2, 0.25) is 0 Å². The van der Waals surface area contributed by atoms with E-state index in [1.165, 1.54) is 0 Å². The summed E-state index contributed by atoms with van der Waals surface area (Å²) >= 11 is -5.30. The molecule has 0 atom stereocenters. The molecule has 1 aromatic rings. The zero-order chi connectivity index (χ0) is 9.35. The molecule has 0 unspecified atom stereocenters. The van der Waals surface area contributed by atoms with Crippen LogP contribution in [0.15, 0.2) is 18.2 Å². The molecular weight excluding hydrogens is 233 g/mol. The number of halogens is 2. The summed E-state index contributed by atoms with van der Waals surface area (Å²) in [5, 5.41) is 0. The van der Waals surface area contributed by atoms with Crippen LogP contribution in [0.5, 0.6) is 0 Å². The molecule has 1 rings (SSSR count). The van der Waals surface area contributed by atoms with Gasteiger partial charge in [-0.3, -0.25) is 0 Å². The molecular formula is C6H5AsF2O3. The third kappa shape index (κ3) is 1.94. The predicted octanol–water partition coefficient (Wildman–Crippen LogP) is -0.474. The molecule has 0 aliphatic heterocycles. The quantitative estimate of drug-likeness (QED) is 0.650. The molecule has 0 radical (unpaired) electrons. The Morgan fingerprint density at radius 2 is 1.83 bits per heavy atom. The Morgan fingerprint density at radius 1 is 1.25 bits per heavy atom. The van der Waals surface area contributed by atoms with Crippen molar-refractivity contribution in [2.75, 3.05) is 0 Å². The van der Waals surface area contributed by atoms with Crippen LogP contribution in [0.1, 0.15) is 0 Å². The summed E-state index contributed by atoms with van der Waals surface area (Å²) in [7, 11) is 0. The second kappa shape index (κ2) is 3.01. The van der Waals surface area contributed by atoms with E-state index in [0.29, 0.717) is 12.1 Å². The van der Waals surface area contributed by atoms with E-state index in [4.69, 9.17) is 8.19 Å². The van der Waals surface area contributed by atoms with Gasteiger partial charge in [-0.1, -0.05) is 0 Å². The van der Waals surface area contributed by atoms with Gasteiger partial charge < -0.3 is 0 Å². The first-order chi connectivity index (χ1) is 5.41. The van der Waals surface area contributed by atoms with Gasteiger partial charge >= 0.3 is 69.1 Å². The standard InChI is InChI=1S/C6H5AsF2O3/c8-4-1-2-6(9)5(3-4)7(10,11)12/h1-3H,(H2,10,11,12). The third-order valence-electron chi connectivity index (χ3n) is 1.22. The number of benzene rings is 1. The predicted molar refractivity (Wildman–Crippen MR) is 36.9 cm³/mol. The summed E-state index contributed by atoms with van der Waals surface area (Å²) in [6, 6.07) is 1.99. The molecule has 1 aromatic carbocycles. The molecule has 0 aromatic heterocycles. The van der Waals surface area contributed by atoms with Crippen LogP contribution in [0.25, 0.3) is 0 Å². The van der Waals surface area contributed by atoms with Gasteiger partial charge in [0.15, 0.2) is 0 Å². The average molecular weight is 238 g/mol. The topological polar surface area (TPSA) is 57.5 Å². The molecule has 0 aliphatic carbocycles.